The van der Waals surface area contributed by atoms with Crippen LogP contribution >= 0.6 is 0 Å². The lowest BCUT2D eigenvalue weighted by Crippen LogP contribution is -2.30. The van der Waals surface area contributed by atoms with Gasteiger partial charge in [-0.3, -0.25) is 14.5 Å². The number of rotatable bonds is 5. The van der Waals surface area contributed by atoms with Crippen LogP contribution in [0.5, 0.6) is 0 Å². The predicted molar refractivity (Wildman–Crippen MR) is 118 cm³/mol. The van der Waals surface area contributed by atoms with Crippen LogP contribution in [0.4, 0.5) is 5.69 Å². The molecule has 4 rings (SSSR count). The summed E-state index contributed by atoms with van der Waals surface area (Å²) >= 11 is 0. The minimum absolute atomic E-state index is 0.0572. The molecule has 0 fully saturated rings. The fourth-order valence-corrected chi connectivity index (χ4v) is 5.27. The topological polar surface area (TPSA) is 87.6 Å². The number of carbonyl (C=O) groups is 1. The van der Waals surface area contributed by atoms with Crippen LogP contribution in [0.2, 0.25) is 0 Å². The molecule has 1 atom stereocenters. The molecule has 158 valence electrons. The quantitative estimate of drug-likeness (QED) is 0.759. The third-order valence-corrected chi connectivity index (χ3v) is 7.16. The zero-order valence-electron chi connectivity index (χ0n) is 16.9. The van der Waals surface area contributed by atoms with Crippen LogP contribution in [0.3, 0.4) is 0 Å². The molecule has 1 unspecified atom stereocenters. The second kappa shape index (κ2) is 9.00. The molecule has 0 saturated heterocycles. The van der Waals surface area contributed by atoms with Crippen molar-refractivity contribution in [3.63, 3.8) is 0 Å². The summed E-state index contributed by atoms with van der Waals surface area (Å²) in [6.45, 7) is 0.661. The van der Waals surface area contributed by atoms with Crippen LogP contribution in [-0.2, 0) is 21.2 Å². The maximum absolute atomic E-state index is 12.6. The summed E-state index contributed by atoms with van der Waals surface area (Å²) in [6.07, 6.45) is 6.08. The largest absolute Gasteiger partial charge is 0.326 e. The zero-order valence-corrected chi connectivity index (χ0v) is 17.7. The van der Waals surface area contributed by atoms with Gasteiger partial charge in [0.1, 0.15) is 5.84 Å². The molecule has 1 aliphatic heterocycles. The molecule has 0 bridgehead atoms. The van der Waals surface area contributed by atoms with Crippen LogP contribution in [0, 0.1) is 0 Å². The van der Waals surface area contributed by atoms with Crippen LogP contribution in [-0.4, -0.2) is 26.7 Å². The summed E-state index contributed by atoms with van der Waals surface area (Å²) in [5.41, 5.74) is 3.19. The predicted octanol–water partition coefficient (Wildman–Crippen LogP) is 4.00. The van der Waals surface area contributed by atoms with E-state index < -0.39 is 10.0 Å². The van der Waals surface area contributed by atoms with Crippen molar-refractivity contribution in [2.45, 2.75) is 55.8 Å². The highest BCUT2D eigenvalue weighted by molar-refractivity contribution is 7.90. The normalized spacial score (nSPS) is 18.8. The van der Waals surface area contributed by atoms with Crippen molar-refractivity contribution in [1.82, 2.24) is 4.72 Å². The van der Waals surface area contributed by atoms with Gasteiger partial charge in [0, 0.05) is 25.1 Å². The molecule has 2 aliphatic rings. The standard InChI is InChI=1S/C23H27N3O3S/c27-23(16-18-10-9-17-6-3-4-7-21(17)18)25-19-11-13-20(14-12-19)30(28,29)26-22-8-2-1-5-15-24-22/h3-4,6-7,11-14,18H,1-2,5,8-10,15-16H2,(H,24,26)(H,25,27). The zero-order chi connectivity index (χ0) is 21.0. The minimum Gasteiger partial charge on any atom is -0.326 e. The Kier molecular flexibility index (Phi) is 6.18. The molecule has 6 nitrogen and oxygen atoms in total. The second-order valence-electron chi connectivity index (χ2n) is 7.96. The number of hydrogen-bond acceptors (Lipinski definition) is 4. The van der Waals surface area contributed by atoms with E-state index in [1.165, 1.54) is 23.3 Å². The summed E-state index contributed by atoms with van der Waals surface area (Å²) in [5.74, 6) is 0.713. The van der Waals surface area contributed by atoms with E-state index in [0.29, 0.717) is 30.9 Å². The number of fused-ring (bicyclic) bond motifs is 1. The van der Waals surface area contributed by atoms with Crippen molar-refractivity contribution in [3.05, 3.63) is 59.7 Å². The van der Waals surface area contributed by atoms with Crippen LogP contribution < -0.4 is 10.0 Å². The van der Waals surface area contributed by atoms with Gasteiger partial charge in [-0.15, -0.1) is 0 Å². The number of nitrogens with zero attached hydrogens (tertiary/aromatic N) is 1. The fourth-order valence-electron chi connectivity index (χ4n) is 4.18. The molecular weight excluding hydrogens is 398 g/mol. The van der Waals surface area contributed by atoms with E-state index in [2.05, 4.69) is 27.2 Å². The number of hydrogen-bond donors (Lipinski definition) is 2. The van der Waals surface area contributed by atoms with Crippen molar-refractivity contribution < 1.29 is 13.2 Å². The lowest BCUT2D eigenvalue weighted by molar-refractivity contribution is -0.116. The molecule has 0 saturated carbocycles. The maximum Gasteiger partial charge on any atom is 0.262 e. The summed E-state index contributed by atoms with van der Waals surface area (Å²) in [5, 5.41) is 2.89. The Morgan fingerprint density at radius 1 is 1.00 bits per heavy atom. The van der Waals surface area contributed by atoms with E-state index in [0.717, 1.165) is 32.1 Å². The van der Waals surface area contributed by atoms with Crippen LogP contribution in [0.1, 0.15) is 55.6 Å². The Hall–Kier alpha value is -2.67. The molecular formula is C23H27N3O3S. The minimum atomic E-state index is -3.67. The molecule has 1 aliphatic carbocycles. The summed E-state index contributed by atoms with van der Waals surface area (Å²) < 4.78 is 27.8. The third kappa shape index (κ3) is 4.90. The Bertz CT molecular complexity index is 1050. The Morgan fingerprint density at radius 3 is 2.63 bits per heavy atom. The molecule has 1 heterocycles. The first-order chi connectivity index (χ1) is 14.5. The van der Waals surface area contributed by atoms with Gasteiger partial charge in [-0.05, 0) is 67.0 Å². The molecule has 0 radical (unpaired) electrons. The number of aryl methyl sites for hydroxylation is 1. The van der Waals surface area contributed by atoms with Gasteiger partial charge >= 0.3 is 0 Å². The molecule has 2 N–H and O–H groups in total. The highest BCUT2D eigenvalue weighted by atomic mass is 32.2. The van der Waals surface area contributed by atoms with Gasteiger partial charge in [0.25, 0.3) is 10.0 Å². The third-order valence-electron chi connectivity index (χ3n) is 5.76. The smallest absolute Gasteiger partial charge is 0.262 e. The average molecular weight is 426 g/mol. The van der Waals surface area contributed by atoms with Crippen molar-refractivity contribution in [2.75, 3.05) is 11.9 Å². The fraction of sp³-hybridized carbons (Fsp3) is 0.391. The molecule has 2 aromatic rings. The Morgan fingerprint density at radius 2 is 1.80 bits per heavy atom. The second-order valence-corrected chi connectivity index (χ2v) is 9.64. The van der Waals surface area contributed by atoms with Crippen molar-refractivity contribution >= 4 is 27.5 Å². The first kappa shape index (κ1) is 20.6. The molecule has 0 spiro atoms. The van der Waals surface area contributed by atoms with Crippen molar-refractivity contribution in [1.29, 1.82) is 0 Å². The molecule has 0 aromatic heterocycles. The number of carbonyl (C=O) groups excluding carboxylic acids is 1. The Balaban J connectivity index is 1.36. The number of amidine groups is 1. The van der Waals surface area contributed by atoms with Gasteiger partial charge in [-0.25, -0.2) is 8.42 Å². The number of anilines is 1. The van der Waals surface area contributed by atoms with Crippen molar-refractivity contribution in [2.24, 2.45) is 4.99 Å². The first-order valence-corrected chi connectivity index (χ1v) is 12.0. The summed E-state index contributed by atoms with van der Waals surface area (Å²) in [6, 6.07) is 14.6. The average Bonchev–Trinajstić information content (AvgIpc) is 2.95. The molecule has 1 amide bonds. The number of benzene rings is 2. The number of nitrogens with one attached hydrogen (secondary N) is 2. The Labute approximate surface area is 177 Å². The van der Waals surface area contributed by atoms with E-state index in [-0.39, 0.29) is 16.7 Å². The van der Waals surface area contributed by atoms with E-state index in [4.69, 9.17) is 0 Å². The van der Waals surface area contributed by atoms with Crippen LogP contribution in [0.15, 0.2) is 58.4 Å². The highest BCUT2D eigenvalue weighted by Gasteiger charge is 2.24. The van der Waals surface area contributed by atoms with E-state index in [9.17, 15) is 13.2 Å². The molecule has 30 heavy (non-hydrogen) atoms. The number of sulfonamides is 1. The summed E-state index contributed by atoms with van der Waals surface area (Å²) in [7, 11) is -3.67. The van der Waals surface area contributed by atoms with E-state index in [1.54, 1.807) is 12.1 Å². The highest BCUT2D eigenvalue weighted by Crippen LogP contribution is 2.35. The van der Waals surface area contributed by atoms with Crippen molar-refractivity contribution in [3.8, 4) is 0 Å². The maximum atomic E-state index is 12.6. The summed E-state index contributed by atoms with van der Waals surface area (Å²) in [4.78, 5) is 17.0. The van der Waals surface area contributed by atoms with Gasteiger partial charge in [-0.2, -0.15) is 0 Å². The monoisotopic (exact) mass is 425 g/mol. The van der Waals surface area contributed by atoms with Gasteiger partial charge in [0.2, 0.25) is 5.91 Å². The molecule has 2 aromatic carbocycles. The van der Waals surface area contributed by atoms with E-state index >= 15 is 0 Å². The van der Waals surface area contributed by atoms with Gasteiger partial charge in [0.05, 0.1) is 4.90 Å². The lowest BCUT2D eigenvalue weighted by Gasteiger charge is -2.13. The number of aliphatic imine (C=N–C) groups is 1. The molecule has 7 heteroatoms. The number of amides is 1. The SMILES string of the molecule is O=C(CC1CCc2ccccc21)Nc1ccc(S(=O)(=O)NC2=NCCCCC2)cc1. The van der Waals surface area contributed by atoms with Crippen LogP contribution in [0.25, 0.3) is 0 Å². The van der Waals surface area contributed by atoms with Gasteiger partial charge < -0.3 is 5.32 Å². The lowest BCUT2D eigenvalue weighted by atomic mass is 9.97. The first-order valence-electron chi connectivity index (χ1n) is 10.6. The van der Waals surface area contributed by atoms with Gasteiger partial charge in [0.15, 0.2) is 0 Å². The van der Waals surface area contributed by atoms with Gasteiger partial charge in [-0.1, -0.05) is 30.7 Å². The van der Waals surface area contributed by atoms with E-state index in [1.807, 2.05) is 12.1 Å².